The lowest BCUT2D eigenvalue weighted by atomic mass is 10.1. The fourth-order valence-corrected chi connectivity index (χ4v) is 5.21. The molecular formula is C23H23FN6O2S. The van der Waals surface area contributed by atoms with Crippen molar-refractivity contribution in [3.8, 4) is 17.0 Å². The molecule has 0 unspecified atom stereocenters. The van der Waals surface area contributed by atoms with E-state index in [1.807, 2.05) is 42.5 Å². The second-order valence-corrected chi connectivity index (χ2v) is 10.3. The number of rotatable bonds is 5. The predicted octanol–water partition coefficient (Wildman–Crippen LogP) is 4.38. The summed E-state index contributed by atoms with van der Waals surface area (Å²) in [6.07, 6.45) is 2.89. The normalized spacial score (nSPS) is 15.5. The smallest absolute Gasteiger partial charge is 0.228 e. The standard InChI is InChI=1S/C23H23FN6O2S/c1-32-21-12-15(30-8-10-33(25,31)11-9-30)6-7-20(21)28-23-27-14-18(24)22(29-23)17-13-26-19-5-3-2-4-16(17)19/h2-7,12-14,25-26H,8-11H2,1H3,(H,27,28,29). The van der Waals surface area contributed by atoms with Crippen LogP contribution in [0.25, 0.3) is 22.2 Å². The number of para-hydroxylation sites is 1. The van der Waals surface area contributed by atoms with Gasteiger partial charge in [-0.05, 0) is 18.2 Å². The van der Waals surface area contributed by atoms with Crippen molar-refractivity contribution in [2.24, 2.45) is 0 Å². The van der Waals surface area contributed by atoms with Crippen LogP contribution in [0.1, 0.15) is 0 Å². The summed E-state index contributed by atoms with van der Waals surface area (Å²) in [5, 5.41) is 4.00. The molecule has 170 valence electrons. The molecule has 2 aromatic carbocycles. The lowest BCUT2D eigenvalue weighted by Gasteiger charge is -2.30. The van der Waals surface area contributed by atoms with Crippen LogP contribution < -0.4 is 15.0 Å². The van der Waals surface area contributed by atoms with Crippen molar-refractivity contribution in [2.45, 2.75) is 0 Å². The van der Waals surface area contributed by atoms with Crippen LogP contribution in [0.3, 0.4) is 0 Å². The SMILES string of the molecule is COc1cc(N2CCS(=N)(=O)CC2)ccc1Nc1ncc(F)c(-c2c[nH]c3ccccc23)n1. The Morgan fingerprint density at radius 3 is 2.79 bits per heavy atom. The molecule has 1 aliphatic heterocycles. The minimum Gasteiger partial charge on any atom is -0.494 e. The van der Waals surface area contributed by atoms with Crippen molar-refractivity contribution >= 4 is 38.0 Å². The Kier molecular flexibility index (Phi) is 5.37. The highest BCUT2D eigenvalue weighted by atomic mass is 32.2. The first-order chi connectivity index (χ1) is 15.9. The van der Waals surface area contributed by atoms with E-state index in [0.717, 1.165) is 22.8 Å². The van der Waals surface area contributed by atoms with E-state index in [-0.39, 0.29) is 11.6 Å². The molecule has 1 aliphatic rings. The zero-order valence-corrected chi connectivity index (χ0v) is 18.8. The van der Waals surface area contributed by atoms with Gasteiger partial charge in [-0.2, -0.15) is 0 Å². The molecule has 1 fully saturated rings. The summed E-state index contributed by atoms with van der Waals surface area (Å²) in [6.45, 7) is 1.13. The van der Waals surface area contributed by atoms with Crippen LogP contribution in [0, 0.1) is 10.6 Å². The highest BCUT2D eigenvalue weighted by Gasteiger charge is 2.20. The molecule has 0 saturated carbocycles. The van der Waals surface area contributed by atoms with Gasteiger partial charge < -0.3 is 19.9 Å². The molecule has 8 nitrogen and oxygen atoms in total. The molecule has 33 heavy (non-hydrogen) atoms. The number of hydrogen-bond acceptors (Lipinski definition) is 7. The molecule has 0 radical (unpaired) electrons. The Labute approximate surface area is 190 Å². The summed E-state index contributed by atoms with van der Waals surface area (Å²) >= 11 is 0. The Morgan fingerprint density at radius 2 is 2.00 bits per heavy atom. The molecule has 0 spiro atoms. The number of halogens is 1. The van der Waals surface area contributed by atoms with E-state index in [4.69, 9.17) is 9.52 Å². The average molecular weight is 467 g/mol. The Hall–Kier alpha value is -3.66. The van der Waals surface area contributed by atoms with Gasteiger partial charge in [0.2, 0.25) is 5.95 Å². The third-order valence-corrected chi connectivity index (χ3v) is 7.45. The summed E-state index contributed by atoms with van der Waals surface area (Å²) in [4.78, 5) is 13.8. The van der Waals surface area contributed by atoms with Crippen LogP contribution in [0.5, 0.6) is 5.75 Å². The first-order valence-corrected chi connectivity index (χ1v) is 12.4. The number of methoxy groups -OCH3 is 1. The van der Waals surface area contributed by atoms with E-state index in [0.29, 0.717) is 41.6 Å². The first kappa shape index (κ1) is 21.2. The molecule has 5 rings (SSSR count). The van der Waals surface area contributed by atoms with Crippen LogP contribution in [0.2, 0.25) is 0 Å². The van der Waals surface area contributed by atoms with Crippen molar-refractivity contribution in [2.75, 3.05) is 41.9 Å². The van der Waals surface area contributed by atoms with Crippen molar-refractivity contribution in [3.05, 3.63) is 60.7 Å². The van der Waals surface area contributed by atoms with Gasteiger partial charge in [0.05, 0.1) is 19.0 Å². The number of nitrogens with zero attached hydrogens (tertiary/aromatic N) is 3. The molecule has 3 heterocycles. The minimum atomic E-state index is -2.46. The summed E-state index contributed by atoms with van der Waals surface area (Å²) in [6, 6.07) is 13.3. The second kappa shape index (κ2) is 8.36. The zero-order chi connectivity index (χ0) is 23.0. The number of aromatic nitrogens is 3. The first-order valence-electron chi connectivity index (χ1n) is 10.5. The van der Waals surface area contributed by atoms with E-state index in [1.165, 1.54) is 0 Å². The minimum absolute atomic E-state index is 0.202. The monoisotopic (exact) mass is 466 g/mol. The fraction of sp³-hybridized carbons (Fsp3) is 0.217. The summed E-state index contributed by atoms with van der Waals surface area (Å²) in [5.41, 5.74) is 3.32. The molecule has 10 heteroatoms. The number of aromatic amines is 1. The topological polar surface area (TPSA) is 107 Å². The van der Waals surface area contributed by atoms with Crippen molar-refractivity contribution in [3.63, 3.8) is 0 Å². The van der Waals surface area contributed by atoms with Gasteiger partial charge in [-0.25, -0.2) is 18.6 Å². The summed E-state index contributed by atoms with van der Waals surface area (Å²) < 4.78 is 39.9. The Morgan fingerprint density at radius 1 is 1.21 bits per heavy atom. The molecule has 4 aromatic rings. The average Bonchev–Trinajstić information content (AvgIpc) is 3.25. The maximum atomic E-state index is 14.6. The maximum Gasteiger partial charge on any atom is 0.228 e. The number of ether oxygens (including phenoxy) is 1. The number of hydrogen-bond donors (Lipinski definition) is 3. The molecule has 3 N–H and O–H groups in total. The highest BCUT2D eigenvalue weighted by molar-refractivity contribution is 7.92. The quantitative estimate of drug-likeness (QED) is 0.403. The van der Waals surface area contributed by atoms with Gasteiger partial charge in [0, 0.05) is 68.7 Å². The van der Waals surface area contributed by atoms with Gasteiger partial charge in [-0.1, -0.05) is 18.2 Å². The van der Waals surface area contributed by atoms with Crippen LogP contribution >= 0.6 is 0 Å². The molecule has 0 atom stereocenters. The molecule has 2 aromatic heterocycles. The molecular weight excluding hydrogens is 443 g/mol. The predicted molar refractivity (Wildman–Crippen MR) is 128 cm³/mol. The van der Waals surface area contributed by atoms with Crippen molar-refractivity contribution in [1.82, 2.24) is 15.0 Å². The number of nitrogens with one attached hydrogen (secondary N) is 3. The highest BCUT2D eigenvalue weighted by Crippen LogP contribution is 2.33. The van der Waals surface area contributed by atoms with Crippen LogP contribution in [0.15, 0.2) is 54.9 Å². The number of anilines is 3. The number of benzene rings is 2. The van der Waals surface area contributed by atoms with E-state index in [9.17, 15) is 8.60 Å². The van der Waals surface area contributed by atoms with Crippen LogP contribution in [-0.4, -0.2) is 50.9 Å². The van der Waals surface area contributed by atoms with Gasteiger partial charge in [-0.3, -0.25) is 4.78 Å². The Balaban J connectivity index is 1.43. The fourth-order valence-electron chi connectivity index (χ4n) is 3.97. The van der Waals surface area contributed by atoms with Crippen LogP contribution in [0.4, 0.5) is 21.7 Å². The summed E-state index contributed by atoms with van der Waals surface area (Å²) in [5.74, 6) is 1.02. The van der Waals surface area contributed by atoms with E-state index in [2.05, 4.69) is 25.2 Å². The van der Waals surface area contributed by atoms with E-state index in [1.54, 1.807) is 13.3 Å². The third kappa shape index (κ3) is 4.21. The lowest BCUT2D eigenvalue weighted by molar-refractivity contribution is 0.416. The third-order valence-electron chi connectivity index (χ3n) is 5.77. The maximum absolute atomic E-state index is 14.6. The van der Waals surface area contributed by atoms with Gasteiger partial charge in [0.1, 0.15) is 11.4 Å². The second-order valence-electron chi connectivity index (χ2n) is 7.85. The summed E-state index contributed by atoms with van der Waals surface area (Å²) in [7, 11) is -0.894. The largest absolute Gasteiger partial charge is 0.494 e. The van der Waals surface area contributed by atoms with Gasteiger partial charge in [0.25, 0.3) is 0 Å². The van der Waals surface area contributed by atoms with Crippen molar-refractivity contribution < 1.29 is 13.3 Å². The Bertz CT molecular complexity index is 1420. The molecule has 0 aliphatic carbocycles. The number of H-pyrrole nitrogens is 1. The zero-order valence-electron chi connectivity index (χ0n) is 18.0. The van der Waals surface area contributed by atoms with E-state index < -0.39 is 15.5 Å². The number of fused-ring (bicyclic) bond motifs is 1. The van der Waals surface area contributed by atoms with E-state index >= 15 is 0 Å². The van der Waals surface area contributed by atoms with Gasteiger partial charge in [0.15, 0.2) is 5.82 Å². The molecule has 1 saturated heterocycles. The lowest BCUT2D eigenvalue weighted by Crippen LogP contribution is -2.39. The van der Waals surface area contributed by atoms with Gasteiger partial charge in [-0.15, -0.1) is 0 Å². The van der Waals surface area contributed by atoms with Crippen molar-refractivity contribution in [1.29, 1.82) is 4.78 Å². The van der Waals surface area contributed by atoms with Gasteiger partial charge >= 0.3 is 0 Å². The molecule has 0 bridgehead atoms. The molecule has 0 amide bonds. The van der Waals surface area contributed by atoms with Crippen LogP contribution in [-0.2, 0) is 9.73 Å².